The van der Waals surface area contributed by atoms with Crippen LogP contribution in [0, 0.1) is 5.92 Å². The second-order valence-corrected chi connectivity index (χ2v) is 5.33. The molecule has 17 heavy (non-hydrogen) atoms. The van der Waals surface area contributed by atoms with Crippen molar-refractivity contribution in [2.75, 3.05) is 6.61 Å². The van der Waals surface area contributed by atoms with Gasteiger partial charge in [0.2, 0.25) is 5.91 Å². The van der Waals surface area contributed by atoms with E-state index in [-0.39, 0.29) is 24.1 Å². The third kappa shape index (κ3) is 3.42. The molecule has 1 aliphatic carbocycles. The fourth-order valence-electron chi connectivity index (χ4n) is 2.50. The highest BCUT2D eigenvalue weighted by molar-refractivity contribution is 5.81. The van der Waals surface area contributed by atoms with Crippen molar-refractivity contribution in [1.29, 1.82) is 0 Å². The zero-order valence-corrected chi connectivity index (χ0v) is 10.7. The van der Waals surface area contributed by atoms with E-state index >= 15 is 0 Å². The summed E-state index contributed by atoms with van der Waals surface area (Å²) in [6.07, 6.45) is 6.56. The number of rotatable bonds is 6. The number of amides is 1. The Hall–Kier alpha value is -0.610. The summed E-state index contributed by atoms with van der Waals surface area (Å²) in [5, 5.41) is 3.07. The molecular formula is C13H24N2O2. The summed E-state index contributed by atoms with van der Waals surface area (Å²) in [6.45, 7) is 2.88. The van der Waals surface area contributed by atoms with Crippen LogP contribution in [-0.2, 0) is 9.53 Å². The molecule has 3 atom stereocenters. The number of carbonyl (C=O) groups is 1. The second kappa shape index (κ2) is 5.83. The van der Waals surface area contributed by atoms with E-state index in [0.29, 0.717) is 5.92 Å². The zero-order chi connectivity index (χ0) is 12.3. The van der Waals surface area contributed by atoms with E-state index in [2.05, 4.69) is 12.2 Å². The van der Waals surface area contributed by atoms with Gasteiger partial charge in [-0.2, -0.15) is 0 Å². The Bertz CT molecular complexity index is 266. The molecule has 0 aromatic carbocycles. The van der Waals surface area contributed by atoms with E-state index in [1.807, 2.05) is 0 Å². The summed E-state index contributed by atoms with van der Waals surface area (Å²) in [5.74, 6) is 0.675. The first-order valence-electron chi connectivity index (χ1n) is 6.90. The lowest BCUT2D eigenvalue weighted by atomic mass is 10.0. The minimum absolute atomic E-state index is 0.000370. The molecule has 0 aromatic heterocycles. The molecule has 98 valence electrons. The van der Waals surface area contributed by atoms with Crippen LogP contribution in [0.4, 0.5) is 0 Å². The van der Waals surface area contributed by atoms with Crippen LogP contribution in [0.2, 0.25) is 0 Å². The molecule has 0 aromatic rings. The Kier molecular flexibility index (Phi) is 4.40. The normalized spacial score (nSPS) is 30.2. The van der Waals surface area contributed by atoms with Crippen LogP contribution in [0.25, 0.3) is 0 Å². The minimum Gasteiger partial charge on any atom is -0.376 e. The Labute approximate surface area is 103 Å². The number of hydrogen-bond acceptors (Lipinski definition) is 3. The lowest BCUT2D eigenvalue weighted by molar-refractivity contribution is -0.123. The zero-order valence-electron chi connectivity index (χ0n) is 10.7. The summed E-state index contributed by atoms with van der Waals surface area (Å²) in [6, 6.07) is -0.155. The van der Waals surface area contributed by atoms with Crippen LogP contribution in [0.3, 0.4) is 0 Å². The Morgan fingerprint density at radius 2 is 2.24 bits per heavy atom. The molecule has 2 rings (SSSR count). The van der Waals surface area contributed by atoms with Gasteiger partial charge >= 0.3 is 0 Å². The molecule has 2 aliphatic rings. The highest BCUT2D eigenvalue weighted by atomic mass is 16.5. The maximum absolute atomic E-state index is 11.9. The maximum atomic E-state index is 11.9. The van der Waals surface area contributed by atoms with E-state index in [9.17, 15) is 4.79 Å². The fraction of sp³-hybridized carbons (Fsp3) is 0.923. The van der Waals surface area contributed by atoms with E-state index in [1.54, 1.807) is 0 Å². The van der Waals surface area contributed by atoms with Crippen molar-refractivity contribution in [3.8, 4) is 0 Å². The van der Waals surface area contributed by atoms with Crippen molar-refractivity contribution in [3.05, 3.63) is 0 Å². The van der Waals surface area contributed by atoms with Crippen molar-refractivity contribution in [1.82, 2.24) is 5.32 Å². The van der Waals surface area contributed by atoms with Gasteiger partial charge in [0.25, 0.3) is 0 Å². The van der Waals surface area contributed by atoms with Crippen molar-refractivity contribution >= 4 is 5.91 Å². The van der Waals surface area contributed by atoms with Gasteiger partial charge in [-0.25, -0.2) is 0 Å². The molecule has 0 spiro atoms. The molecule has 0 bridgehead atoms. The number of nitrogens with two attached hydrogens (primary N) is 1. The summed E-state index contributed by atoms with van der Waals surface area (Å²) in [7, 11) is 0. The van der Waals surface area contributed by atoms with Gasteiger partial charge in [0, 0.05) is 6.61 Å². The molecule has 4 heteroatoms. The van der Waals surface area contributed by atoms with Crippen LogP contribution in [0.5, 0.6) is 0 Å². The molecule has 1 aliphatic heterocycles. The lowest BCUT2D eigenvalue weighted by Gasteiger charge is -2.21. The topological polar surface area (TPSA) is 64.4 Å². The number of carbonyl (C=O) groups excluding carboxylic acids is 1. The Balaban J connectivity index is 1.76. The SMILES string of the molecule is CCCCC(N)C(=O)NC1CCOC1C1CC1. The van der Waals surface area contributed by atoms with Gasteiger partial charge < -0.3 is 15.8 Å². The third-order valence-corrected chi connectivity index (χ3v) is 3.76. The average molecular weight is 240 g/mol. The smallest absolute Gasteiger partial charge is 0.237 e. The molecule has 1 amide bonds. The van der Waals surface area contributed by atoms with Crippen LogP contribution >= 0.6 is 0 Å². The highest BCUT2D eigenvalue weighted by Gasteiger charge is 2.41. The Morgan fingerprint density at radius 1 is 1.47 bits per heavy atom. The van der Waals surface area contributed by atoms with Crippen molar-refractivity contribution in [2.45, 2.75) is 63.6 Å². The van der Waals surface area contributed by atoms with Crippen molar-refractivity contribution in [2.24, 2.45) is 11.7 Å². The number of unbranched alkanes of at least 4 members (excludes halogenated alkanes) is 1. The lowest BCUT2D eigenvalue weighted by Crippen LogP contribution is -2.48. The van der Waals surface area contributed by atoms with E-state index in [4.69, 9.17) is 10.5 Å². The van der Waals surface area contributed by atoms with Gasteiger partial charge in [-0.1, -0.05) is 19.8 Å². The van der Waals surface area contributed by atoms with Gasteiger partial charge in [0.15, 0.2) is 0 Å². The maximum Gasteiger partial charge on any atom is 0.237 e. The monoisotopic (exact) mass is 240 g/mol. The van der Waals surface area contributed by atoms with Gasteiger partial charge in [-0.15, -0.1) is 0 Å². The second-order valence-electron chi connectivity index (χ2n) is 5.33. The van der Waals surface area contributed by atoms with Gasteiger partial charge in [-0.3, -0.25) is 4.79 Å². The minimum atomic E-state index is -0.351. The molecule has 1 heterocycles. The fourth-order valence-corrected chi connectivity index (χ4v) is 2.50. The van der Waals surface area contributed by atoms with Gasteiger partial charge in [0.05, 0.1) is 18.2 Å². The standard InChI is InChI=1S/C13H24N2O2/c1-2-3-4-10(14)13(16)15-11-7-8-17-12(11)9-5-6-9/h9-12H,2-8,14H2,1H3,(H,15,16). The molecule has 0 radical (unpaired) electrons. The summed E-state index contributed by atoms with van der Waals surface area (Å²) in [4.78, 5) is 11.9. The quantitative estimate of drug-likeness (QED) is 0.733. The average Bonchev–Trinajstić information content (AvgIpc) is 3.07. The first kappa shape index (κ1) is 12.8. The number of nitrogens with one attached hydrogen (secondary N) is 1. The largest absolute Gasteiger partial charge is 0.376 e. The first-order valence-corrected chi connectivity index (χ1v) is 6.90. The highest BCUT2D eigenvalue weighted by Crippen LogP contribution is 2.38. The third-order valence-electron chi connectivity index (χ3n) is 3.76. The molecule has 3 unspecified atom stereocenters. The van der Waals surface area contributed by atoms with E-state index < -0.39 is 0 Å². The van der Waals surface area contributed by atoms with Gasteiger partial charge in [-0.05, 0) is 31.6 Å². The van der Waals surface area contributed by atoms with Crippen molar-refractivity contribution < 1.29 is 9.53 Å². The predicted molar refractivity (Wildman–Crippen MR) is 66.5 cm³/mol. The summed E-state index contributed by atoms with van der Waals surface area (Å²) < 4.78 is 5.70. The number of hydrogen-bond donors (Lipinski definition) is 2. The predicted octanol–water partition coefficient (Wildman–Crippen LogP) is 1.19. The molecule has 1 saturated carbocycles. The Morgan fingerprint density at radius 3 is 2.88 bits per heavy atom. The van der Waals surface area contributed by atoms with E-state index in [1.165, 1.54) is 12.8 Å². The molecule has 4 nitrogen and oxygen atoms in total. The van der Waals surface area contributed by atoms with E-state index in [0.717, 1.165) is 32.3 Å². The first-order chi connectivity index (χ1) is 8.22. The van der Waals surface area contributed by atoms with Crippen LogP contribution in [0.15, 0.2) is 0 Å². The van der Waals surface area contributed by atoms with Crippen LogP contribution < -0.4 is 11.1 Å². The molecular weight excluding hydrogens is 216 g/mol. The van der Waals surface area contributed by atoms with Crippen LogP contribution in [0.1, 0.15) is 45.4 Å². The molecule has 1 saturated heterocycles. The molecule has 3 N–H and O–H groups in total. The van der Waals surface area contributed by atoms with Gasteiger partial charge in [0.1, 0.15) is 0 Å². The summed E-state index contributed by atoms with van der Waals surface area (Å²) in [5.41, 5.74) is 5.87. The molecule has 2 fully saturated rings. The van der Waals surface area contributed by atoms with Crippen molar-refractivity contribution in [3.63, 3.8) is 0 Å². The number of ether oxygens (including phenoxy) is 1. The van der Waals surface area contributed by atoms with Crippen LogP contribution in [-0.4, -0.2) is 30.7 Å². The summed E-state index contributed by atoms with van der Waals surface area (Å²) >= 11 is 0.